The number of hydrogen-bond acceptors (Lipinski definition) is 3. The molecule has 0 amide bonds. The van der Waals surface area contributed by atoms with E-state index in [-0.39, 0.29) is 16.2 Å². The summed E-state index contributed by atoms with van der Waals surface area (Å²) in [4.78, 5) is 0. The van der Waals surface area contributed by atoms with Crippen molar-refractivity contribution in [3.05, 3.63) is 198 Å². The molecule has 2 aliphatic rings. The second kappa shape index (κ2) is 15.2. The average Bonchev–Trinajstić information content (AvgIpc) is 4.10. The second-order valence-electron chi connectivity index (χ2n) is 22.8. The molecular weight excluding hydrogens is 892 g/mol. The summed E-state index contributed by atoms with van der Waals surface area (Å²) in [5, 5.41) is 11.3. The topological polar surface area (TPSA) is 30.1 Å². The van der Waals surface area contributed by atoms with Gasteiger partial charge in [0.05, 0.1) is 5.52 Å². The van der Waals surface area contributed by atoms with Crippen LogP contribution in [0.5, 0.6) is 0 Å². The highest BCUT2D eigenvalue weighted by Gasteiger charge is 2.38. The fourth-order valence-electron chi connectivity index (χ4n) is 12.0. The summed E-state index contributed by atoms with van der Waals surface area (Å²) in [6.45, 7) is 18.6. The number of anilines is 2. The van der Waals surface area contributed by atoms with Crippen molar-refractivity contribution in [1.29, 1.82) is 0 Å². The Kier molecular flexibility index (Phi) is 9.13. The third-order valence-corrected chi connectivity index (χ3v) is 17.1. The van der Waals surface area contributed by atoms with Gasteiger partial charge in [-0.15, -0.1) is 11.3 Å². The van der Waals surface area contributed by atoms with Crippen molar-refractivity contribution >= 4 is 93.7 Å². The van der Waals surface area contributed by atoms with Gasteiger partial charge in [0.1, 0.15) is 11.5 Å². The molecule has 0 atom stereocenters. The quantitative estimate of drug-likeness (QED) is 0.174. The molecule has 1 aliphatic heterocycles. The fourth-order valence-corrected chi connectivity index (χ4v) is 13.1. The first-order valence-corrected chi connectivity index (χ1v) is 26.2. The number of rotatable bonds is 5. The maximum absolute atomic E-state index is 7.04. The second-order valence-corrected chi connectivity index (χ2v) is 23.9. The van der Waals surface area contributed by atoms with Gasteiger partial charge in [0, 0.05) is 86.4 Å². The highest BCUT2D eigenvalue weighted by atomic mass is 32.1. The summed E-state index contributed by atoms with van der Waals surface area (Å²) in [6.07, 6.45) is 0. The van der Waals surface area contributed by atoms with Crippen LogP contribution in [0.25, 0.3) is 103 Å². The zero-order valence-corrected chi connectivity index (χ0v) is 42.9. The largest absolute Gasteiger partial charge is 0.455 e. The average molecular weight is 946 g/mol. The third-order valence-electron chi connectivity index (χ3n) is 15.9. The highest BCUT2D eigenvalue weighted by molar-refractivity contribution is 7.25. The number of nitrogens with one attached hydrogen (secondary N) is 1. The van der Waals surface area contributed by atoms with Crippen LogP contribution in [-0.4, -0.2) is 11.8 Å². The van der Waals surface area contributed by atoms with Crippen LogP contribution in [0.15, 0.2) is 180 Å². The lowest BCUT2D eigenvalue weighted by Crippen LogP contribution is -2.37. The number of aromatic nitrogens is 1. The minimum atomic E-state index is -0.200. The monoisotopic (exact) mass is 945 g/mol. The van der Waals surface area contributed by atoms with Gasteiger partial charge in [0.15, 0.2) is 7.28 Å². The van der Waals surface area contributed by atoms with Crippen LogP contribution >= 0.6 is 11.3 Å². The van der Waals surface area contributed by atoms with E-state index in [1.54, 1.807) is 0 Å². The third kappa shape index (κ3) is 6.42. The summed E-state index contributed by atoms with van der Waals surface area (Å²) >= 11 is 1.88. The molecule has 1 radical (unpaired) electrons. The summed E-state index contributed by atoms with van der Waals surface area (Å²) in [7, 11) is 2.47. The molecule has 9 aromatic carbocycles. The summed E-state index contributed by atoms with van der Waals surface area (Å²) in [5.74, 6) is 1.77. The molecule has 0 saturated heterocycles. The van der Waals surface area contributed by atoms with Gasteiger partial charge < -0.3 is 14.3 Å². The molecule has 0 spiro atoms. The number of hydrogen-bond donors (Lipinski definition) is 1. The van der Waals surface area contributed by atoms with E-state index in [1.165, 1.54) is 91.9 Å². The predicted octanol–water partition coefficient (Wildman–Crippen LogP) is 17.5. The van der Waals surface area contributed by atoms with Crippen molar-refractivity contribution in [2.75, 3.05) is 5.32 Å². The van der Waals surface area contributed by atoms with Gasteiger partial charge in [0.2, 0.25) is 0 Å². The standard InChI is InChI=1S/C67H54BN2OS/c1-65(2,3)40-23-26-42(27-24-40)69-56-36-54-47(43-28-25-41(66(4,5)6)31-53(43)67(54,7)8)32-48(56)45-29-30-46-49-33-50-44-21-15-16-22-59(44)72-60(50)37-57(49)70-58-35-52-51(34-55(58)68-61(45)62(46)70)63(38-17-11-9-12-18-38)71-64(52)39-19-13-10-14-20-39/h9-37,69H,1-8H3. The molecule has 12 aromatic rings. The van der Waals surface area contributed by atoms with Crippen molar-refractivity contribution in [3.8, 4) is 50.6 Å². The minimum Gasteiger partial charge on any atom is -0.455 e. The summed E-state index contributed by atoms with van der Waals surface area (Å²) in [5.41, 5.74) is 20.5. The summed E-state index contributed by atoms with van der Waals surface area (Å²) < 4.78 is 12.2. The van der Waals surface area contributed by atoms with Crippen LogP contribution in [0, 0.1) is 0 Å². The Hall–Kier alpha value is -7.60. The molecule has 14 rings (SSSR count). The molecule has 72 heavy (non-hydrogen) atoms. The lowest BCUT2D eigenvalue weighted by Gasteiger charge is -2.27. The Morgan fingerprint density at radius 1 is 0.500 bits per heavy atom. The van der Waals surface area contributed by atoms with Crippen molar-refractivity contribution < 1.29 is 4.42 Å². The smallest absolute Gasteiger partial charge is 0.197 e. The first-order valence-electron chi connectivity index (χ1n) is 25.4. The fraction of sp³-hybridized carbons (Fsp3) is 0.164. The van der Waals surface area contributed by atoms with Crippen LogP contribution in [0.4, 0.5) is 11.4 Å². The SMILES string of the molecule is CC(C)(C)c1ccc(Nc2cc3c(cc2-c2ccc4c5cc6c(cc5n5c4c2[B]c2cc4c(-c7ccccc7)oc(-c7ccccc7)c4cc2-5)sc2ccccc26)-c2ccc(C(C)(C)C)cc2C3(C)C)cc1. The van der Waals surface area contributed by atoms with Crippen LogP contribution < -0.4 is 16.2 Å². The number of thiophene rings is 1. The predicted molar refractivity (Wildman–Crippen MR) is 309 cm³/mol. The van der Waals surface area contributed by atoms with E-state index < -0.39 is 0 Å². The molecule has 0 bridgehead atoms. The van der Waals surface area contributed by atoms with E-state index in [0.717, 1.165) is 55.9 Å². The maximum atomic E-state index is 7.04. The first-order chi connectivity index (χ1) is 34.7. The van der Waals surface area contributed by atoms with E-state index in [9.17, 15) is 0 Å². The van der Waals surface area contributed by atoms with Crippen LogP contribution in [0.3, 0.4) is 0 Å². The maximum Gasteiger partial charge on any atom is 0.197 e. The molecule has 0 unspecified atom stereocenters. The van der Waals surface area contributed by atoms with Crippen molar-refractivity contribution in [3.63, 3.8) is 0 Å². The van der Waals surface area contributed by atoms with Gasteiger partial charge in [-0.2, -0.15) is 0 Å². The Balaban J connectivity index is 1.06. The van der Waals surface area contributed by atoms with Crippen LogP contribution in [-0.2, 0) is 16.2 Å². The van der Waals surface area contributed by atoms with Crippen LogP contribution in [0.1, 0.15) is 77.6 Å². The molecule has 1 aliphatic carbocycles. The lowest BCUT2D eigenvalue weighted by molar-refractivity contribution is 0.584. The van der Waals surface area contributed by atoms with Gasteiger partial charge in [-0.05, 0) is 104 Å². The van der Waals surface area contributed by atoms with Crippen molar-refractivity contribution in [2.24, 2.45) is 0 Å². The number of nitrogens with zero attached hydrogens (tertiary/aromatic N) is 1. The first kappa shape index (κ1) is 43.2. The van der Waals surface area contributed by atoms with E-state index in [1.807, 2.05) is 11.3 Å². The molecular formula is C67H54BN2OS. The molecule has 347 valence electrons. The molecule has 1 N–H and O–H groups in total. The lowest BCUT2D eigenvalue weighted by atomic mass is 9.58. The van der Waals surface area contributed by atoms with E-state index >= 15 is 0 Å². The van der Waals surface area contributed by atoms with Gasteiger partial charge in [-0.25, -0.2) is 0 Å². The zero-order chi connectivity index (χ0) is 49.0. The Bertz CT molecular complexity index is 4230. The number of benzene rings is 9. The van der Waals surface area contributed by atoms with E-state index in [0.29, 0.717) is 0 Å². The number of furan rings is 1. The highest BCUT2D eigenvalue weighted by Crippen LogP contribution is 2.53. The summed E-state index contributed by atoms with van der Waals surface area (Å²) in [6, 6.07) is 65.8. The van der Waals surface area contributed by atoms with E-state index in [4.69, 9.17) is 4.42 Å². The Labute approximate surface area is 426 Å². The number of fused-ring (bicyclic) bond motifs is 12. The van der Waals surface area contributed by atoms with E-state index in [2.05, 4.69) is 248 Å². The van der Waals surface area contributed by atoms with Crippen molar-refractivity contribution in [1.82, 2.24) is 4.57 Å². The van der Waals surface area contributed by atoms with Crippen LogP contribution in [0.2, 0.25) is 0 Å². The normalized spacial score (nSPS) is 13.8. The molecule has 3 aromatic heterocycles. The van der Waals surface area contributed by atoms with Gasteiger partial charge >= 0.3 is 0 Å². The van der Waals surface area contributed by atoms with Gasteiger partial charge in [-0.1, -0.05) is 188 Å². The molecule has 4 heterocycles. The zero-order valence-electron chi connectivity index (χ0n) is 42.1. The van der Waals surface area contributed by atoms with Gasteiger partial charge in [0.25, 0.3) is 0 Å². The minimum absolute atomic E-state index is 0.0366. The molecule has 0 fully saturated rings. The van der Waals surface area contributed by atoms with Gasteiger partial charge in [-0.3, -0.25) is 0 Å². The molecule has 5 heteroatoms. The molecule has 0 saturated carbocycles. The Morgan fingerprint density at radius 2 is 1.14 bits per heavy atom. The van der Waals surface area contributed by atoms with Crippen molar-refractivity contribution in [2.45, 2.75) is 71.6 Å². The Morgan fingerprint density at radius 3 is 1.85 bits per heavy atom. The molecule has 3 nitrogen and oxygen atoms in total.